The van der Waals surface area contributed by atoms with Crippen LogP contribution in [-0.4, -0.2) is 25.9 Å². The van der Waals surface area contributed by atoms with E-state index in [0.717, 1.165) is 0 Å². The van der Waals surface area contributed by atoms with Gasteiger partial charge in [0.15, 0.2) is 0 Å². The van der Waals surface area contributed by atoms with Gasteiger partial charge in [-0.2, -0.15) is 0 Å². The minimum Gasteiger partial charge on any atom is -0.744 e. The molecular formula is C9H8NNaO4S. The van der Waals surface area contributed by atoms with Gasteiger partial charge in [-0.05, 0) is 23.8 Å². The summed E-state index contributed by atoms with van der Waals surface area (Å²) in [4.78, 5) is 12.4. The zero-order valence-corrected chi connectivity index (χ0v) is 11.7. The van der Waals surface area contributed by atoms with Crippen LogP contribution in [0.4, 0.5) is 5.69 Å². The number of benzene rings is 1. The second-order valence-electron chi connectivity index (χ2n) is 3.37. The van der Waals surface area contributed by atoms with E-state index in [1.165, 1.54) is 23.1 Å². The fraction of sp³-hybridized carbons (Fsp3) is 0.222. The van der Waals surface area contributed by atoms with Gasteiger partial charge in [0.25, 0.3) is 0 Å². The van der Waals surface area contributed by atoms with Crippen LogP contribution in [0.5, 0.6) is 0 Å². The van der Waals surface area contributed by atoms with Gasteiger partial charge in [-0.1, -0.05) is 0 Å². The second kappa shape index (κ2) is 4.46. The fourth-order valence-electron chi connectivity index (χ4n) is 1.60. The van der Waals surface area contributed by atoms with E-state index in [2.05, 4.69) is 0 Å². The van der Waals surface area contributed by atoms with Crippen molar-refractivity contribution in [3.8, 4) is 0 Å². The third-order valence-electron chi connectivity index (χ3n) is 2.42. The van der Waals surface area contributed by atoms with Crippen molar-refractivity contribution in [2.24, 2.45) is 0 Å². The first kappa shape index (κ1) is 13.7. The van der Waals surface area contributed by atoms with Crippen molar-refractivity contribution in [2.75, 3.05) is 11.9 Å². The molecule has 5 nitrogen and oxygen atoms in total. The molecule has 1 heterocycles. The molecule has 7 heteroatoms. The van der Waals surface area contributed by atoms with E-state index in [1.807, 2.05) is 0 Å². The van der Waals surface area contributed by atoms with Crippen molar-refractivity contribution < 1.29 is 47.3 Å². The van der Waals surface area contributed by atoms with Gasteiger partial charge >= 0.3 is 29.6 Å². The maximum absolute atomic E-state index is 11.3. The van der Waals surface area contributed by atoms with Gasteiger partial charge in [0.2, 0.25) is 5.91 Å². The summed E-state index contributed by atoms with van der Waals surface area (Å²) in [6.07, 6.45) is 0.148. The van der Waals surface area contributed by atoms with E-state index in [9.17, 15) is 17.8 Å². The molecule has 0 atom stereocenters. The average Bonchev–Trinajstić information content (AvgIpc) is 2.41. The Morgan fingerprint density at radius 2 is 2.00 bits per heavy atom. The summed E-state index contributed by atoms with van der Waals surface area (Å²) < 4.78 is 32.2. The number of fused-ring (bicyclic) bond motifs is 1. The van der Waals surface area contributed by atoms with Crippen molar-refractivity contribution in [3.05, 3.63) is 23.8 Å². The van der Waals surface area contributed by atoms with Crippen LogP contribution in [0, 0.1) is 0 Å². The molecule has 0 bridgehead atoms. The molecule has 0 aromatic heterocycles. The monoisotopic (exact) mass is 249 g/mol. The topological polar surface area (TPSA) is 77.5 Å². The minimum absolute atomic E-state index is 0. The first-order chi connectivity index (χ1) is 6.89. The van der Waals surface area contributed by atoms with Crippen LogP contribution in [0.1, 0.15) is 5.56 Å². The number of amides is 1. The van der Waals surface area contributed by atoms with Crippen molar-refractivity contribution in [1.82, 2.24) is 0 Å². The molecule has 1 aliphatic heterocycles. The number of carbonyl (C=O) groups is 1. The van der Waals surface area contributed by atoms with Crippen LogP contribution in [0.3, 0.4) is 0 Å². The zero-order valence-electron chi connectivity index (χ0n) is 8.93. The number of nitrogens with zero attached hydrogens (tertiary/aromatic N) is 1. The summed E-state index contributed by atoms with van der Waals surface area (Å²) in [5.74, 6) is -0.106. The van der Waals surface area contributed by atoms with Gasteiger partial charge in [-0.3, -0.25) is 4.79 Å². The molecule has 1 aromatic carbocycles. The summed E-state index contributed by atoms with van der Waals surface area (Å²) in [5, 5.41) is 0. The van der Waals surface area contributed by atoms with Crippen LogP contribution in [0.2, 0.25) is 0 Å². The molecule has 16 heavy (non-hydrogen) atoms. The van der Waals surface area contributed by atoms with Gasteiger partial charge in [0, 0.05) is 12.7 Å². The Kier molecular flexibility index (Phi) is 3.81. The summed E-state index contributed by atoms with van der Waals surface area (Å²) >= 11 is 0. The van der Waals surface area contributed by atoms with E-state index < -0.39 is 10.1 Å². The molecule has 0 N–H and O–H groups in total. The Morgan fingerprint density at radius 1 is 1.38 bits per heavy atom. The number of rotatable bonds is 1. The Balaban J connectivity index is 0.00000128. The Morgan fingerprint density at radius 3 is 2.56 bits per heavy atom. The van der Waals surface area contributed by atoms with E-state index in [4.69, 9.17) is 0 Å². The molecule has 2 rings (SSSR count). The fourth-order valence-corrected chi connectivity index (χ4v) is 2.12. The first-order valence-electron chi connectivity index (χ1n) is 4.25. The van der Waals surface area contributed by atoms with Crippen molar-refractivity contribution in [2.45, 2.75) is 11.3 Å². The van der Waals surface area contributed by atoms with Crippen molar-refractivity contribution in [1.29, 1.82) is 0 Å². The van der Waals surface area contributed by atoms with Gasteiger partial charge in [-0.25, -0.2) is 8.42 Å². The van der Waals surface area contributed by atoms with Crippen molar-refractivity contribution in [3.63, 3.8) is 0 Å². The molecule has 0 radical (unpaired) electrons. The van der Waals surface area contributed by atoms with E-state index in [0.29, 0.717) is 11.3 Å². The predicted octanol–water partition coefficient (Wildman–Crippen LogP) is -2.89. The van der Waals surface area contributed by atoms with E-state index >= 15 is 0 Å². The van der Waals surface area contributed by atoms with Crippen LogP contribution >= 0.6 is 0 Å². The number of anilines is 1. The van der Waals surface area contributed by atoms with Crippen LogP contribution in [0.25, 0.3) is 0 Å². The van der Waals surface area contributed by atoms with Gasteiger partial charge in [0.1, 0.15) is 10.1 Å². The third kappa shape index (κ3) is 2.31. The summed E-state index contributed by atoms with van der Waals surface area (Å²) in [7, 11) is -2.83. The predicted molar refractivity (Wildman–Crippen MR) is 51.5 cm³/mol. The second-order valence-corrected chi connectivity index (χ2v) is 4.75. The van der Waals surface area contributed by atoms with Crippen LogP contribution in [-0.2, 0) is 21.3 Å². The SMILES string of the molecule is CN1C(=O)Cc2cc(S(=O)(=O)[O-])ccc21.[Na+]. The summed E-state index contributed by atoms with van der Waals surface area (Å²) in [6.45, 7) is 0. The first-order valence-corrected chi connectivity index (χ1v) is 5.66. The Bertz CT molecular complexity index is 540. The van der Waals surface area contributed by atoms with Gasteiger partial charge < -0.3 is 9.45 Å². The van der Waals surface area contributed by atoms with Crippen molar-refractivity contribution >= 4 is 21.7 Å². The number of hydrogen-bond acceptors (Lipinski definition) is 4. The Hall–Kier alpha value is -0.400. The summed E-state index contributed by atoms with van der Waals surface area (Å²) in [5.41, 5.74) is 1.24. The molecule has 0 saturated heterocycles. The molecular weight excluding hydrogens is 241 g/mol. The molecule has 0 saturated carbocycles. The van der Waals surface area contributed by atoms with E-state index in [1.54, 1.807) is 7.05 Å². The molecule has 80 valence electrons. The number of carbonyl (C=O) groups excluding carboxylic acids is 1. The minimum atomic E-state index is -4.44. The average molecular weight is 249 g/mol. The van der Waals surface area contributed by atoms with Crippen LogP contribution < -0.4 is 34.5 Å². The smallest absolute Gasteiger partial charge is 0.744 e. The normalized spacial score (nSPS) is 14.6. The molecule has 1 amide bonds. The zero-order chi connectivity index (χ0) is 11.2. The van der Waals surface area contributed by atoms with E-state index in [-0.39, 0.29) is 46.8 Å². The maximum Gasteiger partial charge on any atom is 1.00 e. The number of likely N-dealkylation sites (N-methyl/N-ethyl adjacent to an activating group) is 1. The van der Waals surface area contributed by atoms with Gasteiger partial charge in [0.05, 0.1) is 11.3 Å². The molecule has 0 unspecified atom stereocenters. The Labute approximate surface area is 115 Å². The standard InChI is InChI=1S/C9H9NO4S.Na/c1-10-8-3-2-7(15(12,13)14)4-6(8)5-9(10)11;/h2-4H,5H2,1H3,(H,12,13,14);/q;+1/p-1. The molecule has 0 spiro atoms. The molecule has 1 aliphatic rings. The molecule has 0 fully saturated rings. The van der Waals surface area contributed by atoms with Gasteiger partial charge in [-0.15, -0.1) is 0 Å². The summed E-state index contributed by atoms with van der Waals surface area (Å²) in [6, 6.07) is 3.96. The molecule has 1 aromatic rings. The third-order valence-corrected chi connectivity index (χ3v) is 3.25. The number of hydrogen-bond donors (Lipinski definition) is 0. The van der Waals surface area contributed by atoms with Crippen LogP contribution in [0.15, 0.2) is 23.1 Å². The maximum atomic E-state index is 11.3. The molecule has 0 aliphatic carbocycles. The largest absolute Gasteiger partial charge is 1.00 e. The quantitative estimate of drug-likeness (QED) is 0.395.